The Morgan fingerprint density at radius 2 is 1.32 bits per heavy atom. The van der Waals surface area contributed by atoms with Gasteiger partial charge in [0.15, 0.2) is 5.78 Å². The van der Waals surface area contributed by atoms with Crippen molar-refractivity contribution in [2.75, 3.05) is 0 Å². The van der Waals surface area contributed by atoms with Gasteiger partial charge in [0.2, 0.25) is 5.79 Å². The minimum Gasteiger partial charge on any atom is -0.466 e. The Hall–Kier alpha value is -2.72. The van der Waals surface area contributed by atoms with Gasteiger partial charge in [-0.1, -0.05) is 59.7 Å². The molecule has 0 aliphatic carbocycles. The Kier molecular flexibility index (Phi) is 4.97. The zero-order valence-corrected chi connectivity index (χ0v) is 19.2. The van der Waals surface area contributed by atoms with Gasteiger partial charge in [0.1, 0.15) is 22.6 Å². The number of rotatable bonds is 4. The predicted octanol–water partition coefficient (Wildman–Crippen LogP) is 5.54. The van der Waals surface area contributed by atoms with Gasteiger partial charge in [0.25, 0.3) is 0 Å². The molecule has 2 aromatic rings. The van der Waals surface area contributed by atoms with Gasteiger partial charge in [-0.2, -0.15) is 0 Å². The Morgan fingerprint density at radius 3 is 1.74 bits per heavy atom. The number of carbonyl (C=O) groups excluding carboxylic acids is 2. The van der Waals surface area contributed by atoms with Gasteiger partial charge in [-0.05, 0) is 52.2 Å². The number of carbonyl (C=O) groups is 2. The van der Waals surface area contributed by atoms with Crippen LogP contribution in [0, 0.1) is 19.3 Å². The molecule has 0 aromatic heterocycles. The average Bonchev–Trinajstić information content (AvgIpc) is 2.98. The fraction of sp³-hybridized carbons (Fsp3) is 0.407. The Bertz CT molecular complexity index is 1030. The van der Waals surface area contributed by atoms with Crippen molar-refractivity contribution in [1.29, 1.82) is 0 Å². The van der Waals surface area contributed by atoms with E-state index in [9.17, 15) is 9.59 Å². The molecule has 2 aliphatic heterocycles. The Labute approximate surface area is 184 Å². The van der Waals surface area contributed by atoms with E-state index in [0.29, 0.717) is 24.2 Å². The summed E-state index contributed by atoms with van der Waals surface area (Å²) in [5.41, 5.74) is 2.99. The first-order chi connectivity index (χ1) is 14.5. The van der Waals surface area contributed by atoms with Crippen molar-refractivity contribution < 1.29 is 19.1 Å². The summed E-state index contributed by atoms with van der Waals surface area (Å²) in [6.07, 6.45) is 0.724. The molecule has 1 saturated heterocycles. The van der Waals surface area contributed by atoms with E-state index in [1.807, 2.05) is 20.8 Å². The summed E-state index contributed by atoms with van der Waals surface area (Å²) < 4.78 is 13.2. The van der Waals surface area contributed by atoms with Crippen LogP contribution in [0.1, 0.15) is 62.8 Å². The normalized spacial score (nSPS) is 26.9. The minimum absolute atomic E-state index is 0.0256. The summed E-state index contributed by atoms with van der Waals surface area (Å²) in [6.45, 7) is 10.8. The second-order valence-corrected chi connectivity index (χ2v) is 9.29. The molecule has 0 N–H and O–H groups in total. The number of Topliss-reactive ketones (excluding diaryl/α,β-unsaturated/α-hetero) is 2. The average molecular weight is 419 g/mol. The number of benzene rings is 2. The third kappa shape index (κ3) is 3.16. The van der Waals surface area contributed by atoms with Crippen molar-refractivity contribution in [3.8, 4) is 0 Å². The summed E-state index contributed by atoms with van der Waals surface area (Å²) in [7, 11) is 0. The van der Waals surface area contributed by atoms with Gasteiger partial charge in [-0.15, -0.1) is 0 Å². The van der Waals surface area contributed by atoms with Crippen LogP contribution in [0.15, 0.2) is 59.9 Å². The van der Waals surface area contributed by atoms with Crippen LogP contribution in [0.25, 0.3) is 0 Å². The molecule has 4 nitrogen and oxygen atoms in total. The van der Waals surface area contributed by atoms with Crippen LogP contribution < -0.4 is 0 Å². The molecule has 2 heterocycles. The molecule has 0 amide bonds. The van der Waals surface area contributed by atoms with Gasteiger partial charge < -0.3 is 9.47 Å². The van der Waals surface area contributed by atoms with Crippen molar-refractivity contribution in [2.45, 2.75) is 65.8 Å². The molecular formula is C27H30O4. The summed E-state index contributed by atoms with van der Waals surface area (Å²) >= 11 is 0. The maximum atomic E-state index is 13.2. The minimum atomic E-state index is -1.18. The van der Waals surface area contributed by atoms with Crippen LogP contribution in [0.4, 0.5) is 0 Å². The van der Waals surface area contributed by atoms with E-state index < -0.39 is 16.8 Å². The molecule has 2 aromatic carbocycles. The van der Waals surface area contributed by atoms with E-state index in [-0.39, 0.29) is 11.6 Å². The topological polar surface area (TPSA) is 52.6 Å². The third-order valence-electron chi connectivity index (χ3n) is 7.18. The predicted molar refractivity (Wildman–Crippen MR) is 119 cm³/mol. The fourth-order valence-corrected chi connectivity index (χ4v) is 5.25. The summed E-state index contributed by atoms with van der Waals surface area (Å²) in [6, 6.07) is 16.5. The van der Waals surface area contributed by atoms with E-state index in [1.165, 1.54) is 6.92 Å². The van der Waals surface area contributed by atoms with Crippen LogP contribution in [0.3, 0.4) is 0 Å². The number of ether oxygens (including phenoxy) is 2. The first-order valence-corrected chi connectivity index (χ1v) is 10.8. The largest absolute Gasteiger partial charge is 0.466 e. The number of aryl methyl sites for hydroxylation is 2. The summed E-state index contributed by atoms with van der Waals surface area (Å²) in [5, 5.41) is 0. The first-order valence-electron chi connectivity index (χ1n) is 10.8. The number of hydrogen-bond acceptors (Lipinski definition) is 4. The van der Waals surface area contributed by atoms with Crippen molar-refractivity contribution in [3.63, 3.8) is 0 Å². The molecular weight excluding hydrogens is 388 g/mol. The van der Waals surface area contributed by atoms with Crippen LogP contribution in [-0.2, 0) is 24.7 Å². The second kappa shape index (κ2) is 7.16. The molecule has 4 heteroatoms. The van der Waals surface area contributed by atoms with Crippen molar-refractivity contribution >= 4 is 11.6 Å². The number of ketones is 2. The van der Waals surface area contributed by atoms with Gasteiger partial charge in [0.05, 0.1) is 0 Å². The van der Waals surface area contributed by atoms with E-state index in [0.717, 1.165) is 22.3 Å². The molecule has 162 valence electrons. The van der Waals surface area contributed by atoms with Crippen LogP contribution in [0.5, 0.6) is 0 Å². The Morgan fingerprint density at radius 1 is 0.839 bits per heavy atom. The van der Waals surface area contributed by atoms with E-state index in [2.05, 4.69) is 48.5 Å². The lowest BCUT2D eigenvalue weighted by atomic mass is 9.65. The standard InChI is InChI=1S/C27H30O4/c1-17-7-11-22(12-8-17)27(23-13-9-18(2)10-14-23)16-26(21(5)29)15-24(19(3)28)20(4)30-25(26,6)31-27/h7-14H,15-16H2,1-6H3. The molecule has 4 rings (SSSR count). The van der Waals surface area contributed by atoms with Crippen LogP contribution >= 0.6 is 0 Å². The van der Waals surface area contributed by atoms with E-state index >= 15 is 0 Å². The van der Waals surface area contributed by atoms with Crippen molar-refractivity contribution in [3.05, 3.63) is 82.1 Å². The van der Waals surface area contributed by atoms with E-state index in [4.69, 9.17) is 9.47 Å². The molecule has 0 bridgehead atoms. The second-order valence-electron chi connectivity index (χ2n) is 9.29. The Balaban J connectivity index is 1.95. The smallest absolute Gasteiger partial charge is 0.221 e. The van der Waals surface area contributed by atoms with Gasteiger partial charge in [-0.3, -0.25) is 9.59 Å². The highest BCUT2D eigenvalue weighted by atomic mass is 16.7. The highest BCUT2D eigenvalue weighted by Crippen LogP contribution is 2.63. The van der Waals surface area contributed by atoms with Gasteiger partial charge >= 0.3 is 0 Å². The maximum absolute atomic E-state index is 13.2. The molecule has 0 saturated carbocycles. The van der Waals surface area contributed by atoms with Crippen LogP contribution in [0.2, 0.25) is 0 Å². The highest BCUT2D eigenvalue weighted by Gasteiger charge is 2.69. The lowest BCUT2D eigenvalue weighted by molar-refractivity contribution is -0.255. The highest BCUT2D eigenvalue weighted by molar-refractivity contribution is 5.96. The molecule has 2 atom stereocenters. The van der Waals surface area contributed by atoms with Gasteiger partial charge in [-0.25, -0.2) is 0 Å². The van der Waals surface area contributed by atoms with E-state index in [1.54, 1.807) is 13.8 Å². The molecule has 0 spiro atoms. The number of hydrogen-bond donors (Lipinski definition) is 0. The van der Waals surface area contributed by atoms with Crippen molar-refractivity contribution in [2.24, 2.45) is 5.41 Å². The first kappa shape index (κ1) is 21.5. The summed E-state index contributed by atoms with van der Waals surface area (Å²) in [4.78, 5) is 25.6. The molecule has 31 heavy (non-hydrogen) atoms. The zero-order valence-electron chi connectivity index (χ0n) is 19.2. The lowest BCUT2D eigenvalue weighted by Crippen LogP contribution is -2.52. The summed E-state index contributed by atoms with van der Waals surface area (Å²) in [5.74, 6) is -0.737. The van der Waals surface area contributed by atoms with Gasteiger partial charge in [0, 0.05) is 18.9 Å². The van der Waals surface area contributed by atoms with Crippen LogP contribution in [-0.4, -0.2) is 17.4 Å². The quantitative estimate of drug-likeness (QED) is 0.654. The molecule has 0 radical (unpaired) electrons. The fourth-order valence-electron chi connectivity index (χ4n) is 5.25. The third-order valence-corrected chi connectivity index (χ3v) is 7.18. The van der Waals surface area contributed by atoms with Crippen molar-refractivity contribution in [1.82, 2.24) is 0 Å². The monoisotopic (exact) mass is 418 g/mol. The molecule has 1 fully saturated rings. The zero-order chi connectivity index (χ0) is 22.6. The number of allylic oxidation sites excluding steroid dienone is 2. The molecule has 2 aliphatic rings. The lowest BCUT2D eigenvalue weighted by Gasteiger charge is -2.44. The SMILES string of the molecule is CC(=O)C1=C(C)OC2(C)OC(c3ccc(C)cc3)(c3ccc(C)cc3)CC2(C(C)=O)C1. The maximum Gasteiger partial charge on any atom is 0.221 e. The molecule has 2 unspecified atom stereocenters. The number of fused-ring (bicyclic) bond motifs is 1.